The Bertz CT molecular complexity index is 832. The minimum absolute atomic E-state index is 0.0169. The Labute approximate surface area is 155 Å². The van der Waals surface area contributed by atoms with E-state index in [-0.39, 0.29) is 32.5 Å². The van der Waals surface area contributed by atoms with Crippen LogP contribution in [0.1, 0.15) is 40.1 Å². The lowest BCUT2D eigenvalue weighted by molar-refractivity contribution is 0.0693. The van der Waals surface area contributed by atoms with Gasteiger partial charge in [0.1, 0.15) is 5.75 Å². The van der Waals surface area contributed by atoms with Crippen LogP contribution in [0.25, 0.3) is 0 Å². The highest BCUT2D eigenvalue weighted by Crippen LogP contribution is 2.31. The van der Waals surface area contributed by atoms with E-state index in [1.807, 2.05) is 18.7 Å². The predicted octanol–water partition coefficient (Wildman–Crippen LogP) is 4.47. The molecule has 0 aliphatic heterocycles. The Hall–Kier alpha value is -2.24. The third-order valence-electron chi connectivity index (χ3n) is 3.87. The van der Waals surface area contributed by atoms with E-state index in [2.05, 4.69) is 0 Å². The number of rotatable bonds is 6. The molecule has 2 aromatic carbocycles. The van der Waals surface area contributed by atoms with E-state index in [1.165, 1.54) is 24.3 Å². The third kappa shape index (κ3) is 3.89. The summed E-state index contributed by atoms with van der Waals surface area (Å²) in [5.41, 5.74) is 0.234. The number of ketones is 1. The molecule has 7 heteroatoms. The topological polar surface area (TPSA) is 77.8 Å². The summed E-state index contributed by atoms with van der Waals surface area (Å²) in [5, 5.41) is 19.6. The highest BCUT2D eigenvalue weighted by molar-refractivity contribution is 6.38. The van der Waals surface area contributed by atoms with Crippen LogP contribution in [-0.2, 0) is 0 Å². The van der Waals surface area contributed by atoms with Gasteiger partial charge in [-0.15, -0.1) is 0 Å². The van der Waals surface area contributed by atoms with Gasteiger partial charge >= 0.3 is 5.97 Å². The van der Waals surface area contributed by atoms with Gasteiger partial charge in [0.2, 0.25) is 0 Å². The molecular weight excluding hydrogens is 365 g/mol. The van der Waals surface area contributed by atoms with Gasteiger partial charge in [-0.2, -0.15) is 0 Å². The number of hydrogen-bond acceptors (Lipinski definition) is 4. The molecule has 0 saturated heterocycles. The van der Waals surface area contributed by atoms with Gasteiger partial charge in [-0.05, 0) is 38.1 Å². The summed E-state index contributed by atoms with van der Waals surface area (Å²) in [6, 6.07) is 7.13. The maximum Gasteiger partial charge on any atom is 0.337 e. The van der Waals surface area contributed by atoms with Crippen molar-refractivity contribution in [2.45, 2.75) is 13.8 Å². The fourth-order valence-corrected chi connectivity index (χ4v) is 3.19. The minimum Gasteiger partial charge on any atom is -0.507 e. The van der Waals surface area contributed by atoms with Crippen LogP contribution in [0, 0.1) is 0 Å². The van der Waals surface area contributed by atoms with Gasteiger partial charge in [0.25, 0.3) is 0 Å². The number of aromatic hydroxyl groups is 1. The number of carbonyl (C=O) groups excluding carboxylic acids is 1. The molecule has 0 radical (unpaired) electrons. The van der Waals surface area contributed by atoms with E-state index in [0.29, 0.717) is 0 Å². The summed E-state index contributed by atoms with van der Waals surface area (Å²) in [7, 11) is 0. The van der Waals surface area contributed by atoms with E-state index in [9.17, 15) is 19.8 Å². The van der Waals surface area contributed by atoms with Crippen molar-refractivity contribution in [2.24, 2.45) is 0 Å². The molecule has 0 bridgehead atoms. The molecule has 0 heterocycles. The van der Waals surface area contributed by atoms with Gasteiger partial charge in [-0.1, -0.05) is 23.2 Å². The van der Waals surface area contributed by atoms with Crippen molar-refractivity contribution >= 4 is 40.6 Å². The summed E-state index contributed by atoms with van der Waals surface area (Å²) in [6.45, 7) is 5.45. The Morgan fingerprint density at radius 1 is 1.04 bits per heavy atom. The first-order valence-electron chi connectivity index (χ1n) is 7.65. The van der Waals surface area contributed by atoms with Crippen molar-refractivity contribution in [1.29, 1.82) is 0 Å². The molecule has 0 spiro atoms. The number of nitrogens with zero attached hydrogens (tertiary/aromatic N) is 1. The molecule has 2 aromatic rings. The number of aromatic carboxylic acids is 1. The van der Waals surface area contributed by atoms with Crippen LogP contribution in [0.5, 0.6) is 5.75 Å². The maximum absolute atomic E-state index is 12.8. The number of phenols is 1. The second-order valence-electron chi connectivity index (χ2n) is 5.32. The van der Waals surface area contributed by atoms with Crippen molar-refractivity contribution in [3.8, 4) is 5.75 Å². The van der Waals surface area contributed by atoms with Gasteiger partial charge < -0.3 is 15.1 Å². The zero-order valence-corrected chi connectivity index (χ0v) is 15.2. The van der Waals surface area contributed by atoms with Crippen LogP contribution < -0.4 is 4.90 Å². The summed E-state index contributed by atoms with van der Waals surface area (Å²) in [5.74, 6) is -2.24. The van der Waals surface area contributed by atoms with E-state index in [4.69, 9.17) is 23.2 Å². The average molecular weight is 382 g/mol. The van der Waals surface area contributed by atoms with Crippen LogP contribution in [0.3, 0.4) is 0 Å². The smallest absolute Gasteiger partial charge is 0.337 e. The monoisotopic (exact) mass is 381 g/mol. The van der Waals surface area contributed by atoms with Crippen LogP contribution in [0.4, 0.5) is 5.69 Å². The lowest BCUT2D eigenvalue weighted by atomic mass is 9.97. The van der Waals surface area contributed by atoms with E-state index >= 15 is 0 Å². The second-order valence-corrected chi connectivity index (χ2v) is 6.16. The second kappa shape index (κ2) is 7.76. The SMILES string of the molecule is CCN(CC)c1ccc(C(=O)c2cc(Cl)cc(Cl)c2C(=O)O)c(O)c1. The maximum atomic E-state index is 12.8. The quantitative estimate of drug-likeness (QED) is 0.721. The zero-order valence-electron chi connectivity index (χ0n) is 13.7. The minimum atomic E-state index is -1.34. The van der Waals surface area contributed by atoms with Crippen LogP contribution in [-0.4, -0.2) is 35.1 Å². The summed E-state index contributed by atoms with van der Waals surface area (Å²) < 4.78 is 0. The molecule has 5 nitrogen and oxygen atoms in total. The molecule has 0 aliphatic carbocycles. The molecule has 132 valence electrons. The van der Waals surface area contributed by atoms with Crippen molar-refractivity contribution in [2.75, 3.05) is 18.0 Å². The van der Waals surface area contributed by atoms with Gasteiger partial charge in [0.15, 0.2) is 5.78 Å². The number of hydrogen-bond donors (Lipinski definition) is 2. The largest absolute Gasteiger partial charge is 0.507 e. The molecular formula is C18H17Cl2NO4. The molecule has 0 fully saturated rings. The molecule has 0 amide bonds. The standard InChI is InChI=1S/C18H17Cl2NO4/c1-3-21(4-2)11-5-6-12(15(22)9-11)17(23)13-7-10(19)8-14(20)16(13)18(24)25/h5-9,22H,3-4H2,1-2H3,(H,24,25). The highest BCUT2D eigenvalue weighted by Gasteiger charge is 2.24. The van der Waals surface area contributed by atoms with Gasteiger partial charge in [0.05, 0.1) is 16.1 Å². The summed E-state index contributed by atoms with van der Waals surface area (Å²) >= 11 is 11.8. The summed E-state index contributed by atoms with van der Waals surface area (Å²) in [6.07, 6.45) is 0. The molecule has 0 atom stereocenters. The first-order valence-corrected chi connectivity index (χ1v) is 8.40. The Morgan fingerprint density at radius 3 is 2.20 bits per heavy atom. The molecule has 0 saturated carbocycles. The van der Waals surface area contributed by atoms with E-state index in [0.717, 1.165) is 18.8 Å². The van der Waals surface area contributed by atoms with Crippen molar-refractivity contribution < 1.29 is 19.8 Å². The van der Waals surface area contributed by atoms with Crippen LogP contribution in [0.15, 0.2) is 30.3 Å². The molecule has 2 N–H and O–H groups in total. The number of anilines is 1. The van der Waals surface area contributed by atoms with E-state index < -0.39 is 11.8 Å². The number of carbonyl (C=O) groups is 2. The van der Waals surface area contributed by atoms with Crippen molar-refractivity contribution in [1.82, 2.24) is 0 Å². The lowest BCUT2D eigenvalue weighted by Gasteiger charge is -2.21. The van der Waals surface area contributed by atoms with Crippen molar-refractivity contribution in [3.63, 3.8) is 0 Å². The number of carboxylic acid groups (broad SMARTS) is 1. The van der Waals surface area contributed by atoms with Gasteiger partial charge in [-0.3, -0.25) is 4.79 Å². The van der Waals surface area contributed by atoms with E-state index in [1.54, 1.807) is 6.07 Å². The molecule has 0 aromatic heterocycles. The molecule has 0 unspecified atom stereocenters. The van der Waals surface area contributed by atoms with Gasteiger partial charge in [-0.25, -0.2) is 4.79 Å². The first kappa shape index (κ1) is 19.1. The Kier molecular flexibility index (Phi) is 5.93. The van der Waals surface area contributed by atoms with Crippen molar-refractivity contribution in [3.05, 3.63) is 57.1 Å². The zero-order chi connectivity index (χ0) is 18.7. The van der Waals surface area contributed by atoms with Crippen LogP contribution in [0.2, 0.25) is 10.0 Å². The number of benzene rings is 2. The fraction of sp³-hybridized carbons (Fsp3) is 0.222. The molecule has 0 aliphatic rings. The third-order valence-corrected chi connectivity index (χ3v) is 4.38. The normalized spacial score (nSPS) is 10.6. The van der Waals surface area contributed by atoms with Gasteiger partial charge in [0, 0.05) is 35.4 Å². The predicted molar refractivity (Wildman–Crippen MR) is 98.5 cm³/mol. The fourth-order valence-electron chi connectivity index (χ4n) is 2.61. The lowest BCUT2D eigenvalue weighted by Crippen LogP contribution is -2.21. The van der Waals surface area contributed by atoms with Crippen LogP contribution >= 0.6 is 23.2 Å². The number of halogens is 2. The highest BCUT2D eigenvalue weighted by atomic mass is 35.5. The summed E-state index contributed by atoms with van der Waals surface area (Å²) in [4.78, 5) is 26.2. The number of phenolic OH excluding ortho intramolecular Hbond substituents is 1. The first-order chi connectivity index (χ1) is 11.8. The average Bonchev–Trinajstić information content (AvgIpc) is 2.54. The number of carboxylic acids is 1. The molecule has 25 heavy (non-hydrogen) atoms. The Balaban J connectivity index is 2.54. The molecule has 2 rings (SSSR count). The Morgan fingerprint density at radius 2 is 1.68 bits per heavy atom.